The van der Waals surface area contributed by atoms with E-state index in [1.165, 1.54) is 16.4 Å². The Balaban J connectivity index is 2.18. The lowest BCUT2D eigenvalue weighted by atomic mass is 10.1. The molecule has 134 valence electrons. The van der Waals surface area contributed by atoms with Gasteiger partial charge in [-0.3, -0.25) is 4.79 Å². The van der Waals surface area contributed by atoms with Gasteiger partial charge in [-0.05, 0) is 48.9 Å². The molecule has 0 spiro atoms. The number of hydrogen-bond donors (Lipinski definition) is 1. The minimum atomic E-state index is -3.61. The molecule has 1 amide bonds. The van der Waals surface area contributed by atoms with Crippen LogP contribution in [-0.2, 0) is 16.6 Å². The van der Waals surface area contributed by atoms with E-state index < -0.39 is 10.0 Å². The number of hydrogen-bond acceptors (Lipinski definition) is 3. The molecule has 0 radical (unpaired) electrons. The van der Waals surface area contributed by atoms with Crippen molar-refractivity contribution in [3.05, 3.63) is 64.7 Å². The van der Waals surface area contributed by atoms with Crippen molar-refractivity contribution < 1.29 is 13.2 Å². The third-order valence-corrected chi connectivity index (χ3v) is 5.90. The summed E-state index contributed by atoms with van der Waals surface area (Å²) in [5, 5.41) is 3.22. The highest BCUT2D eigenvalue weighted by Crippen LogP contribution is 2.20. The van der Waals surface area contributed by atoms with Crippen molar-refractivity contribution >= 4 is 27.5 Å². The summed E-state index contributed by atoms with van der Waals surface area (Å²) in [5.74, 6) is -0.143. The van der Waals surface area contributed by atoms with E-state index in [0.29, 0.717) is 23.7 Å². The molecule has 2 aromatic carbocycles. The molecule has 5 nitrogen and oxygen atoms in total. The summed E-state index contributed by atoms with van der Waals surface area (Å²) in [6.07, 6.45) is 0. The SMILES string of the molecule is CCNC(=O)c1ccc(CN(CC)S(=O)(=O)c2ccc(Cl)cc2)cc1. The van der Waals surface area contributed by atoms with Gasteiger partial charge in [-0.15, -0.1) is 0 Å². The number of rotatable bonds is 7. The molecule has 2 rings (SSSR count). The highest BCUT2D eigenvalue weighted by Gasteiger charge is 2.23. The minimum absolute atomic E-state index is 0.143. The standard InChI is InChI=1S/C18H21ClN2O3S/c1-3-20-18(22)15-7-5-14(6-8-15)13-21(4-2)25(23,24)17-11-9-16(19)10-12-17/h5-12H,3-4,13H2,1-2H3,(H,20,22). The zero-order valence-corrected chi connectivity index (χ0v) is 15.8. The lowest BCUT2D eigenvalue weighted by molar-refractivity contribution is 0.0956. The summed E-state index contributed by atoms with van der Waals surface area (Å²) in [6, 6.07) is 13.0. The van der Waals surface area contributed by atoms with Crippen molar-refractivity contribution in [1.29, 1.82) is 0 Å². The van der Waals surface area contributed by atoms with Crippen LogP contribution in [0.25, 0.3) is 0 Å². The molecule has 0 aliphatic heterocycles. The second kappa shape index (κ2) is 8.47. The van der Waals surface area contributed by atoms with Crippen LogP contribution in [0.3, 0.4) is 0 Å². The molecule has 7 heteroatoms. The van der Waals surface area contributed by atoms with Crippen LogP contribution in [-0.4, -0.2) is 31.7 Å². The number of benzene rings is 2. The van der Waals surface area contributed by atoms with Crippen LogP contribution in [0.15, 0.2) is 53.4 Å². The molecule has 0 aliphatic carbocycles. The topological polar surface area (TPSA) is 66.5 Å². The Hall–Kier alpha value is -1.89. The summed E-state index contributed by atoms with van der Waals surface area (Å²) in [4.78, 5) is 12.0. The van der Waals surface area contributed by atoms with Crippen molar-refractivity contribution in [2.45, 2.75) is 25.3 Å². The van der Waals surface area contributed by atoms with Crippen LogP contribution in [0.2, 0.25) is 5.02 Å². The zero-order chi connectivity index (χ0) is 18.4. The van der Waals surface area contributed by atoms with E-state index in [-0.39, 0.29) is 17.3 Å². The first-order valence-electron chi connectivity index (χ1n) is 8.01. The van der Waals surface area contributed by atoms with Crippen molar-refractivity contribution in [1.82, 2.24) is 9.62 Å². The van der Waals surface area contributed by atoms with E-state index in [2.05, 4.69) is 5.32 Å². The minimum Gasteiger partial charge on any atom is -0.352 e. The van der Waals surface area contributed by atoms with Crippen LogP contribution in [0.4, 0.5) is 0 Å². The molecule has 0 heterocycles. The molecule has 0 aromatic heterocycles. The number of halogens is 1. The van der Waals surface area contributed by atoms with Crippen molar-refractivity contribution in [3.63, 3.8) is 0 Å². The quantitative estimate of drug-likeness (QED) is 0.801. The monoisotopic (exact) mass is 380 g/mol. The van der Waals surface area contributed by atoms with Gasteiger partial charge in [-0.25, -0.2) is 8.42 Å². The molecule has 0 unspecified atom stereocenters. The molecular formula is C18H21ClN2O3S. The van der Waals surface area contributed by atoms with E-state index in [1.54, 1.807) is 43.3 Å². The van der Waals surface area contributed by atoms with E-state index in [4.69, 9.17) is 11.6 Å². The van der Waals surface area contributed by atoms with E-state index in [0.717, 1.165) is 5.56 Å². The van der Waals surface area contributed by atoms with Gasteiger partial charge in [0, 0.05) is 30.2 Å². The van der Waals surface area contributed by atoms with Crippen LogP contribution < -0.4 is 5.32 Å². The average molecular weight is 381 g/mol. The Labute approximate surface area is 153 Å². The number of carbonyl (C=O) groups is 1. The van der Waals surface area contributed by atoms with Crippen LogP contribution in [0.5, 0.6) is 0 Å². The van der Waals surface area contributed by atoms with Crippen LogP contribution in [0, 0.1) is 0 Å². The van der Waals surface area contributed by atoms with Gasteiger partial charge < -0.3 is 5.32 Å². The van der Waals surface area contributed by atoms with Gasteiger partial charge in [-0.1, -0.05) is 30.7 Å². The summed E-state index contributed by atoms with van der Waals surface area (Å²) in [6.45, 7) is 4.77. The Morgan fingerprint density at radius 1 is 1.04 bits per heavy atom. The van der Waals surface area contributed by atoms with Gasteiger partial charge in [-0.2, -0.15) is 4.31 Å². The summed E-state index contributed by atoms with van der Waals surface area (Å²) < 4.78 is 26.9. The maximum Gasteiger partial charge on any atom is 0.251 e. The van der Waals surface area contributed by atoms with E-state index in [9.17, 15) is 13.2 Å². The summed E-state index contributed by atoms with van der Waals surface area (Å²) >= 11 is 5.83. The van der Waals surface area contributed by atoms with Crippen molar-refractivity contribution in [3.8, 4) is 0 Å². The molecule has 0 aliphatic rings. The third-order valence-electron chi connectivity index (χ3n) is 3.72. The van der Waals surface area contributed by atoms with E-state index in [1.807, 2.05) is 6.92 Å². The zero-order valence-electron chi connectivity index (χ0n) is 14.2. The fraction of sp³-hybridized carbons (Fsp3) is 0.278. The third kappa shape index (κ3) is 4.81. The van der Waals surface area contributed by atoms with Gasteiger partial charge in [0.1, 0.15) is 0 Å². The van der Waals surface area contributed by atoms with Crippen LogP contribution in [0.1, 0.15) is 29.8 Å². The number of sulfonamides is 1. The Morgan fingerprint density at radius 2 is 1.64 bits per heavy atom. The fourth-order valence-corrected chi connectivity index (χ4v) is 3.91. The molecular weight excluding hydrogens is 360 g/mol. The average Bonchev–Trinajstić information content (AvgIpc) is 2.60. The van der Waals surface area contributed by atoms with Gasteiger partial charge in [0.05, 0.1) is 4.90 Å². The molecule has 0 atom stereocenters. The molecule has 0 saturated carbocycles. The normalized spacial score (nSPS) is 11.5. The lowest BCUT2D eigenvalue weighted by Gasteiger charge is -2.20. The smallest absolute Gasteiger partial charge is 0.251 e. The lowest BCUT2D eigenvalue weighted by Crippen LogP contribution is -2.30. The number of carbonyl (C=O) groups excluding carboxylic acids is 1. The van der Waals surface area contributed by atoms with Crippen LogP contribution >= 0.6 is 11.6 Å². The van der Waals surface area contributed by atoms with Crippen molar-refractivity contribution in [2.24, 2.45) is 0 Å². The largest absolute Gasteiger partial charge is 0.352 e. The first kappa shape index (κ1) is 19.4. The first-order chi connectivity index (χ1) is 11.9. The second-order valence-corrected chi connectivity index (χ2v) is 7.82. The number of amides is 1. The molecule has 0 bridgehead atoms. The summed E-state index contributed by atoms with van der Waals surface area (Å²) in [5.41, 5.74) is 1.36. The Bertz CT molecular complexity index is 818. The second-order valence-electron chi connectivity index (χ2n) is 5.44. The Morgan fingerprint density at radius 3 is 2.16 bits per heavy atom. The predicted molar refractivity (Wildman–Crippen MR) is 99.2 cm³/mol. The maximum absolute atomic E-state index is 12.8. The molecule has 25 heavy (non-hydrogen) atoms. The van der Waals surface area contributed by atoms with Gasteiger partial charge in [0.2, 0.25) is 10.0 Å². The highest BCUT2D eigenvalue weighted by molar-refractivity contribution is 7.89. The van der Waals surface area contributed by atoms with Gasteiger partial charge in [0.25, 0.3) is 5.91 Å². The first-order valence-corrected chi connectivity index (χ1v) is 9.83. The number of nitrogens with zero attached hydrogens (tertiary/aromatic N) is 1. The molecule has 0 saturated heterocycles. The maximum atomic E-state index is 12.8. The van der Waals surface area contributed by atoms with Gasteiger partial charge >= 0.3 is 0 Å². The Kier molecular flexibility index (Phi) is 6.58. The van der Waals surface area contributed by atoms with Crippen molar-refractivity contribution in [2.75, 3.05) is 13.1 Å². The molecule has 1 N–H and O–H groups in total. The summed E-state index contributed by atoms with van der Waals surface area (Å²) in [7, 11) is -3.61. The number of nitrogens with one attached hydrogen (secondary N) is 1. The highest BCUT2D eigenvalue weighted by atomic mass is 35.5. The van der Waals surface area contributed by atoms with E-state index >= 15 is 0 Å². The molecule has 0 fully saturated rings. The van der Waals surface area contributed by atoms with Gasteiger partial charge in [0.15, 0.2) is 0 Å². The molecule has 2 aromatic rings. The predicted octanol–water partition coefficient (Wildman–Crippen LogP) is 3.30. The fourth-order valence-electron chi connectivity index (χ4n) is 2.35.